The normalized spacial score (nSPS) is 13.8. The molecule has 0 saturated carbocycles. The predicted octanol–water partition coefficient (Wildman–Crippen LogP) is 3.31. The Bertz CT molecular complexity index is 710. The molecule has 0 spiro atoms. The first-order chi connectivity index (χ1) is 10.3. The highest BCUT2D eigenvalue weighted by Gasteiger charge is 2.06. The molecule has 0 amide bonds. The average molecular weight is 304 g/mol. The van der Waals surface area contributed by atoms with Crippen LogP contribution in [0.4, 0.5) is 0 Å². The van der Waals surface area contributed by atoms with Crippen molar-refractivity contribution >= 4 is 12.2 Å². The van der Waals surface area contributed by atoms with Gasteiger partial charge >= 0.3 is 0 Å². The van der Waals surface area contributed by atoms with Gasteiger partial charge in [-0.1, -0.05) is 30.7 Å². The van der Waals surface area contributed by atoms with Crippen molar-refractivity contribution in [3.63, 3.8) is 0 Å². The van der Waals surface area contributed by atoms with E-state index in [4.69, 9.17) is 0 Å². The van der Waals surface area contributed by atoms with Crippen molar-refractivity contribution in [2.24, 2.45) is 5.92 Å². The summed E-state index contributed by atoms with van der Waals surface area (Å²) in [6, 6.07) is 2.90. The predicted molar refractivity (Wildman–Crippen MR) is 84.7 cm³/mol. The molecule has 0 radical (unpaired) electrons. The van der Waals surface area contributed by atoms with Gasteiger partial charge in [0.05, 0.1) is 0 Å². The third-order valence-electron chi connectivity index (χ3n) is 3.27. The van der Waals surface area contributed by atoms with Gasteiger partial charge in [0.2, 0.25) is 0 Å². The van der Waals surface area contributed by atoms with E-state index in [0.717, 1.165) is 12.0 Å². The summed E-state index contributed by atoms with van der Waals surface area (Å²) in [5, 5.41) is 37.6. The molecule has 0 aliphatic heterocycles. The van der Waals surface area contributed by atoms with Crippen LogP contribution in [0.3, 0.4) is 0 Å². The fourth-order valence-electron chi connectivity index (χ4n) is 2.30. The molecule has 0 aliphatic rings. The highest BCUT2D eigenvalue weighted by Crippen LogP contribution is 2.27. The summed E-state index contributed by atoms with van der Waals surface area (Å²) in [6.45, 7) is 3.96. The lowest BCUT2D eigenvalue weighted by Gasteiger charge is -2.06. The third kappa shape index (κ3) is 3.88. The zero-order valence-electron chi connectivity index (χ0n) is 12.5. The maximum Gasteiger partial charge on any atom is 0.198 e. The van der Waals surface area contributed by atoms with Gasteiger partial charge in [-0.25, -0.2) is 0 Å². The van der Waals surface area contributed by atoms with Crippen LogP contribution in [0.5, 0.6) is 23.5 Å². The van der Waals surface area contributed by atoms with Crippen LogP contribution in [0.2, 0.25) is 0 Å². The van der Waals surface area contributed by atoms with Crippen molar-refractivity contribution in [3.05, 3.63) is 34.9 Å². The van der Waals surface area contributed by atoms with Crippen LogP contribution < -0.4 is 0 Å². The second-order valence-corrected chi connectivity index (χ2v) is 5.45. The number of aromatic nitrogens is 2. The highest BCUT2D eigenvalue weighted by molar-refractivity contribution is 5.60. The summed E-state index contributed by atoms with van der Waals surface area (Å²) in [5.74, 6) is -0.0908. The smallest absolute Gasteiger partial charge is 0.198 e. The molecular weight excluding hydrogens is 284 g/mol. The first-order valence-electron chi connectivity index (χ1n) is 6.92. The molecular formula is C16H20N2O4. The molecule has 6 N–H and O–H groups in total. The summed E-state index contributed by atoms with van der Waals surface area (Å²) >= 11 is 0. The van der Waals surface area contributed by atoms with Crippen LogP contribution in [-0.2, 0) is 0 Å². The largest absolute Gasteiger partial charge is 0.494 e. The molecule has 2 aromatic rings. The van der Waals surface area contributed by atoms with Crippen LogP contribution in [0.25, 0.3) is 12.2 Å². The first-order valence-corrected chi connectivity index (χ1v) is 6.92. The van der Waals surface area contributed by atoms with E-state index in [1.165, 1.54) is 12.1 Å². The Kier molecular flexibility index (Phi) is 4.50. The van der Waals surface area contributed by atoms with E-state index in [2.05, 4.69) is 9.97 Å². The number of aromatic amines is 2. The van der Waals surface area contributed by atoms with Crippen molar-refractivity contribution < 1.29 is 20.4 Å². The molecule has 1 unspecified atom stereocenters. The zero-order chi connectivity index (χ0) is 16.3. The van der Waals surface area contributed by atoms with Crippen LogP contribution in [0.15, 0.2) is 23.8 Å². The van der Waals surface area contributed by atoms with Crippen molar-refractivity contribution in [1.29, 1.82) is 0 Å². The Morgan fingerprint density at radius 1 is 1.05 bits per heavy atom. The third-order valence-corrected chi connectivity index (χ3v) is 3.27. The lowest BCUT2D eigenvalue weighted by Crippen LogP contribution is -1.90. The van der Waals surface area contributed by atoms with Gasteiger partial charge in [-0.05, 0) is 19.3 Å². The number of hydrogen-bond acceptors (Lipinski definition) is 4. The molecule has 0 aromatic carbocycles. The van der Waals surface area contributed by atoms with Gasteiger partial charge in [-0.2, -0.15) is 0 Å². The maximum atomic E-state index is 9.57. The summed E-state index contributed by atoms with van der Waals surface area (Å²) in [4.78, 5) is 4.83. The van der Waals surface area contributed by atoms with Gasteiger partial charge in [0.15, 0.2) is 23.5 Å². The monoisotopic (exact) mass is 304 g/mol. The van der Waals surface area contributed by atoms with Gasteiger partial charge in [-0.3, -0.25) is 9.97 Å². The van der Waals surface area contributed by atoms with Crippen LogP contribution in [0.1, 0.15) is 31.4 Å². The van der Waals surface area contributed by atoms with Gasteiger partial charge in [0, 0.05) is 23.3 Å². The fourth-order valence-corrected chi connectivity index (χ4v) is 2.30. The minimum absolute atomic E-state index is 0.0623. The average Bonchev–Trinajstić information content (AvgIpc) is 2.89. The van der Waals surface area contributed by atoms with E-state index >= 15 is 0 Å². The molecule has 6 nitrogen and oxygen atoms in total. The van der Waals surface area contributed by atoms with Crippen molar-refractivity contribution in [1.82, 2.24) is 9.97 Å². The molecule has 0 fully saturated rings. The number of allylic oxidation sites excluding steroid dienone is 2. The lowest BCUT2D eigenvalue weighted by molar-refractivity contribution is 0.424. The Morgan fingerprint density at radius 2 is 1.59 bits per heavy atom. The highest BCUT2D eigenvalue weighted by atomic mass is 16.3. The molecule has 0 bridgehead atoms. The molecule has 118 valence electrons. The van der Waals surface area contributed by atoms with E-state index < -0.39 is 0 Å². The summed E-state index contributed by atoms with van der Waals surface area (Å²) < 4.78 is 0. The van der Waals surface area contributed by atoms with Crippen LogP contribution >= 0.6 is 0 Å². The van der Waals surface area contributed by atoms with Gasteiger partial charge in [0.1, 0.15) is 0 Å². The van der Waals surface area contributed by atoms with Gasteiger partial charge in [0.25, 0.3) is 0 Å². The SMILES string of the molecule is CC(=Cc1cc(O)[nH]c1O)CC(C)C=Cc1cc(O)[nH]c1O. The van der Waals surface area contributed by atoms with Gasteiger partial charge in [-0.15, -0.1) is 0 Å². The van der Waals surface area contributed by atoms with E-state index in [1.807, 2.05) is 19.9 Å². The van der Waals surface area contributed by atoms with E-state index in [9.17, 15) is 20.4 Å². The second-order valence-electron chi connectivity index (χ2n) is 5.45. The molecule has 2 rings (SSSR count). The summed E-state index contributed by atoms with van der Waals surface area (Å²) in [7, 11) is 0. The number of nitrogens with one attached hydrogen (secondary N) is 2. The van der Waals surface area contributed by atoms with E-state index in [1.54, 1.807) is 12.2 Å². The Labute approximate surface area is 128 Å². The number of aromatic hydroxyl groups is 4. The van der Waals surface area contributed by atoms with Gasteiger partial charge < -0.3 is 20.4 Å². The molecule has 0 saturated heterocycles. The zero-order valence-corrected chi connectivity index (χ0v) is 12.5. The fraction of sp³-hybridized carbons (Fsp3) is 0.250. The second kappa shape index (κ2) is 6.34. The molecule has 2 heterocycles. The number of hydrogen-bond donors (Lipinski definition) is 6. The lowest BCUT2D eigenvalue weighted by atomic mass is 10.00. The minimum Gasteiger partial charge on any atom is -0.494 e. The topological polar surface area (TPSA) is 113 Å². The summed E-state index contributed by atoms with van der Waals surface area (Å²) in [6.07, 6.45) is 6.21. The molecule has 22 heavy (non-hydrogen) atoms. The van der Waals surface area contributed by atoms with E-state index in [0.29, 0.717) is 11.1 Å². The van der Waals surface area contributed by atoms with Crippen molar-refractivity contribution in [3.8, 4) is 23.5 Å². The Morgan fingerprint density at radius 3 is 2.09 bits per heavy atom. The Balaban J connectivity index is 2.00. The standard InChI is InChI=1S/C16H20N2O4/c1-9(3-4-11-7-13(19)17-15(11)21)5-10(2)6-12-8-14(20)18-16(12)22/h3-4,6-9,17-22H,5H2,1-2H3. The van der Waals surface area contributed by atoms with E-state index in [-0.39, 0.29) is 29.4 Å². The molecule has 6 heteroatoms. The van der Waals surface area contributed by atoms with Crippen molar-refractivity contribution in [2.75, 3.05) is 0 Å². The minimum atomic E-state index is -0.0800. The molecule has 0 aliphatic carbocycles. The van der Waals surface area contributed by atoms with Crippen LogP contribution in [-0.4, -0.2) is 30.4 Å². The van der Waals surface area contributed by atoms with Crippen LogP contribution in [0, 0.1) is 5.92 Å². The number of rotatable bonds is 5. The molecule has 1 atom stereocenters. The quantitative estimate of drug-likeness (QED) is 0.509. The maximum absolute atomic E-state index is 9.57. The first kappa shape index (κ1) is 15.6. The Hall–Kier alpha value is -2.76. The number of H-pyrrole nitrogens is 2. The van der Waals surface area contributed by atoms with Crippen molar-refractivity contribution in [2.45, 2.75) is 20.3 Å². The molecule has 2 aromatic heterocycles. The summed E-state index contributed by atoms with van der Waals surface area (Å²) in [5.41, 5.74) is 2.10.